The Morgan fingerprint density at radius 3 is 2.63 bits per heavy atom. The molecular formula is C20H17ClN4O2. The summed E-state index contributed by atoms with van der Waals surface area (Å²) in [7, 11) is 1.37. The van der Waals surface area contributed by atoms with Crippen molar-refractivity contribution in [2.24, 2.45) is 4.99 Å². The standard InChI is InChI=1S/C20H17ClN4O2/c1-12-23-24-20-16(11-18(26)27-2)22-19(13-7-9-14(21)10-8-13)15-5-3-4-6-17(15)25(12)20/h3-10,16H,11H2,1-2H3. The molecule has 0 aliphatic carbocycles. The maximum atomic E-state index is 12.0. The van der Waals surface area contributed by atoms with E-state index < -0.39 is 6.04 Å². The predicted molar refractivity (Wildman–Crippen MR) is 103 cm³/mol. The summed E-state index contributed by atoms with van der Waals surface area (Å²) in [5, 5.41) is 9.16. The summed E-state index contributed by atoms with van der Waals surface area (Å²) in [6.45, 7) is 1.88. The second-order valence-electron chi connectivity index (χ2n) is 6.24. The Morgan fingerprint density at radius 1 is 1.15 bits per heavy atom. The van der Waals surface area contributed by atoms with Gasteiger partial charge in [0.05, 0.1) is 24.9 Å². The van der Waals surface area contributed by atoms with Gasteiger partial charge in [0.1, 0.15) is 11.9 Å². The van der Waals surface area contributed by atoms with Crippen LogP contribution in [0, 0.1) is 6.92 Å². The molecule has 136 valence electrons. The number of aromatic nitrogens is 3. The zero-order valence-corrected chi connectivity index (χ0v) is 15.6. The Balaban J connectivity index is 1.97. The van der Waals surface area contributed by atoms with Crippen molar-refractivity contribution in [1.29, 1.82) is 0 Å². The van der Waals surface area contributed by atoms with Gasteiger partial charge in [-0.2, -0.15) is 0 Å². The van der Waals surface area contributed by atoms with Crippen LogP contribution in [0.1, 0.15) is 35.2 Å². The average Bonchev–Trinajstić information content (AvgIpc) is 3.00. The molecule has 1 aromatic heterocycles. The van der Waals surface area contributed by atoms with Crippen LogP contribution in [-0.4, -0.2) is 33.6 Å². The number of hydrogen-bond acceptors (Lipinski definition) is 5. The number of hydrogen-bond donors (Lipinski definition) is 0. The number of methoxy groups -OCH3 is 1. The van der Waals surface area contributed by atoms with Crippen molar-refractivity contribution in [2.75, 3.05) is 7.11 Å². The van der Waals surface area contributed by atoms with E-state index in [0.717, 1.165) is 28.4 Å². The summed E-state index contributed by atoms with van der Waals surface area (Å²) < 4.78 is 6.82. The van der Waals surface area contributed by atoms with Gasteiger partial charge in [0.25, 0.3) is 0 Å². The van der Waals surface area contributed by atoms with Gasteiger partial charge in [0.2, 0.25) is 0 Å². The van der Waals surface area contributed by atoms with Crippen LogP contribution < -0.4 is 0 Å². The Morgan fingerprint density at radius 2 is 1.89 bits per heavy atom. The van der Waals surface area contributed by atoms with Gasteiger partial charge in [-0.25, -0.2) is 0 Å². The van der Waals surface area contributed by atoms with Crippen LogP contribution in [0.25, 0.3) is 5.69 Å². The predicted octanol–water partition coefficient (Wildman–Crippen LogP) is 3.68. The Labute approximate surface area is 161 Å². The number of nitrogens with zero attached hydrogens (tertiary/aromatic N) is 4. The van der Waals surface area contributed by atoms with Crippen molar-refractivity contribution >= 4 is 23.3 Å². The smallest absolute Gasteiger partial charge is 0.308 e. The second-order valence-corrected chi connectivity index (χ2v) is 6.68. The lowest BCUT2D eigenvalue weighted by molar-refractivity contribution is -0.141. The molecule has 0 amide bonds. The molecule has 7 heteroatoms. The molecule has 6 nitrogen and oxygen atoms in total. The molecule has 2 aromatic carbocycles. The van der Waals surface area contributed by atoms with E-state index in [1.165, 1.54) is 7.11 Å². The zero-order chi connectivity index (χ0) is 19.0. The van der Waals surface area contributed by atoms with Crippen LogP contribution in [0.3, 0.4) is 0 Å². The molecule has 0 fully saturated rings. The van der Waals surface area contributed by atoms with Crippen LogP contribution in [0.4, 0.5) is 0 Å². The van der Waals surface area contributed by atoms with Crippen LogP contribution >= 0.6 is 11.6 Å². The SMILES string of the molecule is COC(=O)CC1N=C(c2ccc(Cl)cc2)c2ccccc2-n2c(C)nnc21. The second kappa shape index (κ2) is 6.96. The number of aliphatic imine (C=N–C) groups is 1. The fourth-order valence-electron chi connectivity index (χ4n) is 3.26. The highest BCUT2D eigenvalue weighted by Crippen LogP contribution is 2.32. The summed E-state index contributed by atoms with van der Waals surface area (Å²) in [5.41, 5.74) is 3.56. The van der Waals surface area contributed by atoms with E-state index in [1.54, 1.807) is 0 Å². The van der Waals surface area contributed by atoms with E-state index in [9.17, 15) is 4.79 Å². The normalized spacial score (nSPS) is 15.4. The van der Waals surface area contributed by atoms with Gasteiger partial charge < -0.3 is 4.74 Å². The van der Waals surface area contributed by atoms with Gasteiger partial charge in [-0.1, -0.05) is 41.9 Å². The molecular weight excluding hydrogens is 364 g/mol. The molecule has 1 unspecified atom stereocenters. The van der Waals surface area contributed by atoms with E-state index in [1.807, 2.05) is 60.0 Å². The summed E-state index contributed by atoms with van der Waals surface area (Å²) in [4.78, 5) is 16.9. The summed E-state index contributed by atoms with van der Waals surface area (Å²) in [6.07, 6.45) is 0.0830. The molecule has 4 rings (SSSR count). The molecule has 0 saturated heterocycles. The van der Waals surface area contributed by atoms with E-state index in [-0.39, 0.29) is 12.4 Å². The Kier molecular flexibility index (Phi) is 4.49. The van der Waals surface area contributed by atoms with Crippen LogP contribution in [0.15, 0.2) is 53.5 Å². The van der Waals surface area contributed by atoms with Crippen molar-refractivity contribution in [2.45, 2.75) is 19.4 Å². The fraction of sp³-hybridized carbons (Fsp3) is 0.200. The molecule has 3 aromatic rings. The molecule has 1 aliphatic heterocycles. The van der Waals surface area contributed by atoms with Crippen LogP contribution in [0.5, 0.6) is 0 Å². The maximum Gasteiger partial charge on any atom is 0.308 e. The van der Waals surface area contributed by atoms with Gasteiger partial charge in [-0.05, 0) is 25.1 Å². The number of aryl methyl sites for hydroxylation is 1. The van der Waals surface area contributed by atoms with Crippen molar-refractivity contribution < 1.29 is 9.53 Å². The molecule has 1 aliphatic rings. The van der Waals surface area contributed by atoms with Gasteiger partial charge >= 0.3 is 5.97 Å². The number of fused-ring (bicyclic) bond motifs is 3. The molecule has 27 heavy (non-hydrogen) atoms. The fourth-order valence-corrected chi connectivity index (χ4v) is 3.39. The lowest BCUT2D eigenvalue weighted by Gasteiger charge is -2.12. The maximum absolute atomic E-state index is 12.0. The van der Waals surface area contributed by atoms with Crippen molar-refractivity contribution in [3.63, 3.8) is 0 Å². The van der Waals surface area contributed by atoms with E-state index in [4.69, 9.17) is 21.3 Å². The quantitative estimate of drug-likeness (QED) is 0.650. The third kappa shape index (κ3) is 3.13. The van der Waals surface area contributed by atoms with E-state index >= 15 is 0 Å². The topological polar surface area (TPSA) is 69.4 Å². The number of para-hydroxylation sites is 1. The van der Waals surface area contributed by atoms with Gasteiger partial charge in [0.15, 0.2) is 5.82 Å². The number of carbonyl (C=O) groups excluding carboxylic acids is 1. The lowest BCUT2D eigenvalue weighted by Crippen LogP contribution is -2.12. The molecule has 1 atom stereocenters. The first-order valence-corrected chi connectivity index (χ1v) is 8.88. The van der Waals surface area contributed by atoms with E-state index in [0.29, 0.717) is 10.8 Å². The number of benzene rings is 2. The number of esters is 1. The highest BCUT2D eigenvalue weighted by atomic mass is 35.5. The lowest BCUT2D eigenvalue weighted by atomic mass is 10.0. The minimum atomic E-state index is -0.503. The third-order valence-electron chi connectivity index (χ3n) is 4.54. The minimum absolute atomic E-state index is 0.0830. The average molecular weight is 381 g/mol. The molecule has 0 radical (unpaired) electrons. The van der Waals surface area contributed by atoms with Gasteiger partial charge in [0, 0.05) is 16.1 Å². The molecule has 0 saturated carbocycles. The molecule has 0 N–H and O–H groups in total. The summed E-state index contributed by atoms with van der Waals surface area (Å²) in [6, 6.07) is 14.9. The molecule has 2 heterocycles. The first kappa shape index (κ1) is 17.4. The summed E-state index contributed by atoms with van der Waals surface area (Å²) >= 11 is 6.05. The monoisotopic (exact) mass is 380 g/mol. The van der Waals surface area contributed by atoms with E-state index in [2.05, 4.69) is 10.2 Å². The largest absolute Gasteiger partial charge is 0.469 e. The zero-order valence-electron chi connectivity index (χ0n) is 14.9. The number of halogens is 1. The highest BCUT2D eigenvalue weighted by molar-refractivity contribution is 6.30. The third-order valence-corrected chi connectivity index (χ3v) is 4.79. The first-order valence-electron chi connectivity index (χ1n) is 8.50. The molecule has 0 bridgehead atoms. The van der Waals surface area contributed by atoms with Gasteiger partial charge in [-0.3, -0.25) is 14.4 Å². The van der Waals surface area contributed by atoms with Crippen molar-refractivity contribution in [3.05, 3.63) is 76.3 Å². The molecule has 0 spiro atoms. The number of ether oxygens (including phenoxy) is 1. The van der Waals surface area contributed by atoms with Gasteiger partial charge in [-0.15, -0.1) is 10.2 Å². The number of carbonyl (C=O) groups is 1. The summed E-state index contributed by atoms with van der Waals surface area (Å²) in [5.74, 6) is 1.01. The first-order chi connectivity index (χ1) is 13.1. The van der Waals surface area contributed by atoms with Crippen molar-refractivity contribution in [3.8, 4) is 5.69 Å². The highest BCUT2D eigenvalue weighted by Gasteiger charge is 2.29. The van der Waals surface area contributed by atoms with Crippen LogP contribution in [0.2, 0.25) is 5.02 Å². The van der Waals surface area contributed by atoms with Crippen molar-refractivity contribution in [1.82, 2.24) is 14.8 Å². The Bertz CT molecular complexity index is 1040. The Hall–Kier alpha value is -2.99. The minimum Gasteiger partial charge on any atom is -0.469 e. The number of rotatable bonds is 3. The van der Waals surface area contributed by atoms with Crippen LogP contribution in [-0.2, 0) is 9.53 Å².